The molecule has 7 nitrogen and oxygen atoms in total. The fourth-order valence-electron chi connectivity index (χ4n) is 1.37. The minimum Gasteiger partial charge on any atom is -0.481 e. The molecule has 0 aliphatic rings. The fourth-order valence-corrected chi connectivity index (χ4v) is 1.37. The number of fused-ring (bicyclic) bond motifs is 1. The number of ether oxygens (including phenoxy) is 1. The molecule has 0 saturated carbocycles. The summed E-state index contributed by atoms with van der Waals surface area (Å²) in [5, 5.41) is 0.868. The van der Waals surface area contributed by atoms with Gasteiger partial charge in [-0.3, -0.25) is 9.35 Å². The Morgan fingerprint density at radius 2 is 1.90 bits per heavy atom. The number of aromatic nitrogens is 1. The maximum Gasteiger partial charge on any atom is 0.261 e. The number of nitrogens with zero attached hydrogens (tertiary/aromatic N) is 1. The number of rotatable bonds is 2. The molecule has 1 amide bonds. The first kappa shape index (κ1) is 15.9. The number of carbonyl (C=O) groups excluding carboxylic acids is 1. The summed E-state index contributed by atoms with van der Waals surface area (Å²) >= 11 is 0. The number of hydrogen-bond donors (Lipinski definition) is 2. The van der Waals surface area contributed by atoms with E-state index in [1.54, 1.807) is 31.4 Å². The van der Waals surface area contributed by atoms with Crippen molar-refractivity contribution in [2.75, 3.05) is 13.4 Å². The van der Waals surface area contributed by atoms with Gasteiger partial charge in [-0.2, -0.15) is 8.42 Å². The first-order chi connectivity index (χ1) is 9.20. The van der Waals surface area contributed by atoms with E-state index in [0.29, 0.717) is 17.7 Å². The van der Waals surface area contributed by atoms with Gasteiger partial charge in [0.1, 0.15) is 0 Å². The van der Waals surface area contributed by atoms with E-state index in [1.807, 2.05) is 6.07 Å². The Kier molecular flexibility index (Phi) is 5.00. The highest BCUT2D eigenvalue weighted by atomic mass is 32.2. The van der Waals surface area contributed by atoms with Gasteiger partial charge in [-0.25, -0.2) is 4.98 Å². The summed E-state index contributed by atoms with van der Waals surface area (Å²) in [4.78, 5) is 15.2. The van der Waals surface area contributed by atoms with Gasteiger partial charge < -0.3 is 10.5 Å². The zero-order valence-electron chi connectivity index (χ0n) is 10.9. The number of nitrogens with two attached hydrogens (primary N) is 1. The number of hydrogen-bond acceptors (Lipinski definition) is 5. The lowest BCUT2D eigenvalue weighted by Crippen LogP contribution is -2.10. The molecule has 2 rings (SSSR count). The standard InChI is InChI=1S/C11H10N2O2.CH4O3S/c1-15-10-5-3-7-6-8(11(12)14)2-4-9(7)13-10;1-5(2,3)4/h2-6H,1H3,(H2,12,14);1H3,(H,2,3,4). The molecule has 2 aromatic rings. The van der Waals surface area contributed by atoms with Crippen molar-refractivity contribution in [3.8, 4) is 5.88 Å². The van der Waals surface area contributed by atoms with Crippen molar-refractivity contribution in [2.24, 2.45) is 5.73 Å². The van der Waals surface area contributed by atoms with Crippen LogP contribution in [-0.2, 0) is 10.1 Å². The molecule has 8 heteroatoms. The second kappa shape index (κ2) is 6.31. The molecule has 0 fully saturated rings. The summed E-state index contributed by atoms with van der Waals surface area (Å²) in [6.45, 7) is 0. The average molecular weight is 298 g/mol. The van der Waals surface area contributed by atoms with E-state index in [4.69, 9.17) is 15.0 Å². The number of benzene rings is 1. The number of amides is 1. The lowest BCUT2D eigenvalue weighted by Gasteiger charge is -2.02. The zero-order valence-corrected chi connectivity index (χ0v) is 11.7. The van der Waals surface area contributed by atoms with E-state index in [-0.39, 0.29) is 0 Å². The maximum atomic E-state index is 10.9. The van der Waals surface area contributed by atoms with Gasteiger partial charge in [0.2, 0.25) is 11.8 Å². The molecule has 0 atom stereocenters. The van der Waals surface area contributed by atoms with E-state index < -0.39 is 16.0 Å². The molecule has 0 aliphatic heterocycles. The van der Waals surface area contributed by atoms with E-state index in [2.05, 4.69) is 4.98 Å². The normalized spacial score (nSPS) is 10.6. The van der Waals surface area contributed by atoms with Crippen molar-refractivity contribution in [1.82, 2.24) is 4.98 Å². The van der Waals surface area contributed by atoms with Crippen LogP contribution in [0.25, 0.3) is 10.9 Å². The third-order valence-electron chi connectivity index (χ3n) is 2.16. The SMILES string of the molecule is COc1ccc2cc(C(N)=O)ccc2n1.CS(=O)(=O)O. The Bertz CT molecular complexity index is 720. The van der Waals surface area contributed by atoms with Gasteiger partial charge in [-0.05, 0) is 24.3 Å². The summed E-state index contributed by atoms with van der Waals surface area (Å²) in [6.07, 6.45) is 0.715. The molecule has 1 heterocycles. The Morgan fingerprint density at radius 1 is 1.30 bits per heavy atom. The zero-order chi connectivity index (χ0) is 15.3. The molecule has 108 valence electrons. The molecule has 20 heavy (non-hydrogen) atoms. The van der Waals surface area contributed by atoms with Crippen LogP contribution in [0.3, 0.4) is 0 Å². The quantitative estimate of drug-likeness (QED) is 0.793. The molecule has 1 aromatic heterocycles. The molecular weight excluding hydrogens is 284 g/mol. The summed E-state index contributed by atoms with van der Waals surface area (Å²) in [5.74, 6) is 0.113. The van der Waals surface area contributed by atoms with Gasteiger partial charge in [0.05, 0.1) is 18.9 Å². The Labute approximate surface area is 116 Å². The van der Waals surface area contributed by atoms with Crippen LogP contribution in [0.2, 0.25) is 0 Å². The molecule has 0 saturated heterocycles. The number of primary amides is 1. The van der Waals surface area contributed by atoms with Crippen LogP contribution >= 0.6 is 0 Å². The second-order valence-corrected chi connectivity index (χ2v) is 5.32. The van der Waals surface area contributed by atoms with Gasteiger partial charge in [-0.15, -0.1) is 0 Å². The molecule has 0 aliphatic carbocycles. The van der Waals surface area contributed by atoms with Gasteiger partial charge in [-0.1, -0.05) is 0 Å². The second-order valence-electron chi connectivity index (χ2n) is 3.86. The van der Waals surface area contributed by atoms with Crippen molar-refractivity contribution < 1.29 is 22.5 Å². The van der Waals surface area contributed by atoms with Crippen molar-refractivity contribution in [1.29, 1.82) is 0 Å². The molecule has 0 radical (unpaired) electrons. The predicted octanol–water partition coefficient (Wildman–Crippen LogP) is 0.846. The summed E-state index contributed by atoms with van der Waals surface area (Å²) in [5.41, 5.74) is 6.43. The number of pyridine rings is 1. The van der Waals surface area contributed by atoms with Crippen molar-refractivity contribution in [3.05, 3.63) is 35.9 Å². The maximum absolute atomic E-state index is 10.9. The minimum absolute atomic E-state index is 0.437. The van der Waals surface area contributed by atoms with Crippen LogP contribution in [0.5, 0.6) is 5.88 Å². The highest BCUT2D eigenvalue weighted by Crippen LogP contribution is 2.17. The van der Waals surface area contributed by atoms with Crippen LogP contribution in [0.15, 0.2) is 30.3 Å². The van der Waals surface area contributed by atoms with E-state index in [0.717, 1.165) is 10.9 Å². The first-order valence-electron chi connectivity index (χ1n) is 5.38. The Balaban J connectivity index is 0.000000347. The smallest absolute Gasteiger partial charge is 0.261 e. The highest BCUT2D eigenvalue weighted by Gasteiger charge is 2.03. The lowest BCUT2D eigenvalue weighted by atomic mass is 10.1. The largest absolute Gasteiger partial charge is 0.481 e. The Hall–Kier alpha value is -2.19. The van der Waals surface area contributed by atoms with Crippen LogP contribution < -0.4 is 10.5 Å². The summed E-state index contributed by atoms with van der Waals surface area (Å²) < 4.78 is 30.9. The highest BCUT2D eigenvalue weighted by molar-refractivity contribution is 7.85. The van der Waals surface area contributed by atoms with Crippen molar-refractivity contribution in [3.63, 3.8) is 0 Å². The molecule has 1 aromatic carbocycles. The van der Waals surface area contributed by atoms with Gasteiger partial charge in [0, 0.05) is 17.0 Å². The van der Waals surface area contributed by atoms with Crippen LogP contribution in [0.1, 0.15) is 10.4 Å². The topological polar surface area (TPSA) is 120 Å². The Morgan fingerprint density at radius 3 is 2.40 bits per heavy atom. The lowest BCUT2D eigenvalue weighted by molar-refractivity contribution is 0.100. The number of carbonyl (C=O) groups is 1. The molecule has 3 N–H and O–H groups in total. The molecule has 0 spiro atoms. The van der Waals surface area contributed by atoms with Crippen LogP contribution in [0.4, 0.5) is 0 Å². The van der Waals surface area contributed by atoms with E-state index in [9.17, 15) is 13.2 Å². The van der Waals surface area contributed by atoms with E-state index in [1.165, 1.54) is 0 Å². The minimum atomic E-state index is -3.67. The fraction of sp³-hybridized carbons (Fsp3) is 0.167. The first-order valence-corrected chi connectivity index (χ1v) is 7.22. The third kappa shape index (κ3) is 5.21. The van der Waals surface area contributed by atoms with Gasteiger partial charge in [0.15, 0.2) is 0 Å². The predicted molar refractivity (Wildman–Crippen MR) is 74.3 cm³/mol. The van der Waals surface area contributed by atoms with Crippen molar-refractivity contribution in [2.45, 2.75) is 0 Å². The van der Waals surface area contributed by atoms with Crippen molar-refractivity contribution >= 4 is 26.9 Å². The molecular formula is C12H14N2O5S. The van der Waals surface area contributed by atoms with E-state index >= 15 is 0 Å². The molecule has 0 unspecified atom stereocenters. The molecule has 0 bridgehead atoms. The van der Waals surface area contributed by atoms with Crippen LogP contribution in [-0.4, -0.2) is 37.2 Å². The van der Waals surface area contributed by atoms with Gasteiger partial charge >= 0.3 is 0 Å². The number of methoxy groups -OCH3 is 1. The third-order valence-corrected chi connectivity index (χ3v) is 2.16. The average Bonchev–Trinajstić information content (AvgIpc) is 2.35. The monoisotopic (exact) mass is 298 g/mol. The van der Waals surface area contributed by atoms with Crippen LogP contribution in [0, 0.1) is 0 Å². The summed E-state index contributed by atoms with van der Waals surface area (Å²) in [6, 6.07) is 8.69. The van der Waals surface area contributed by atoms with Gasteiger partial charge in [0.25, 0.3) is 10.1 Å². The summed E-state index contributed by atoms with van der Waals surface area (Å²) in [7, 11) is -2.11.